The van der Waals surface area contributed by atoms with Gasteiger partial charge in [-0.15, -0.1) is 0 Å². The zero-order valence-electron chi connectivity index (χ0n) is 10.2. The molecule has 1 aromatic carbocycles. The summed E-state index contributed by atoms with van der Waals surface area (Å²) in [6, 6.07) is 7.27. The average Bonchev–Trinajstić information content (AvgIpc) is 2.39. The molecule has 4 nitrogen and oxygen atoms in total. The molecule has 5 heteroatoms. The third kappa shape index (κ3) is 4.14. The number of halogens is 1. The van der Waals surface area contributed by atoms with Crippen molar-refractivity contribution in [1.82, 2.24) is 4.90 Å². The standard InChI is InChI=1S/C13H18ClNO3/c14-12-3-1-2-4-13(12)18-10-11(16)9-15-5-7-17-8-6-15/h1-4,11,16H,5-10H2. The number of hydrogen-bond acceptors (Lipinski definition) is 4. The molecule has 1 aliphatic heterocycles. The number of hydrogen-bond donors (Lipinski definition) is 1. The number of benzene rings is 1. The van der Waals surface area contributed by atoms with Gasteiger partial charge >= 0.3 is 0 Å². The van der Waals surface area contributed by atoms with Crippen molar-refractivity contribution in [2.45, 2.75) is 6.10 Å². The van der Waals surface area contributed by atoms with Gasteiger partial charge in [-0.3, -0.25) is 4.90 Å². The van der Waals surface area contributed by atoms with Crippen LogP contribution in [0.1, 0.15) is 0 Å². The van der Waals surface area contributed by atoms with Gasteiger partial charge in [0.25, 0.3) is 0 Å². The summed E-state index contributed by atoms with van der Waals surface area (Å²) in [6.45, 7) is 4.05. The molecule has 0 saturated carbocycles. The Kier molecular flexibility index (Phi) is 5.26. The fraction of sp³-hybridized carbons (Fsp3) is 0.538. The van der Waals surface area contributed by atoms with Gasteiger partial charge in [0.2, 0.25) is 0 Å². The van der Waals surface area contributed by atoms with Crippen LogP contribution in [0.5, 0.6) is 5.75 Å². The number of nitrogens with zero attached hydrogens (tertiary/aromatic N) is 1. The Morgan fingerprint density at radius 3 is 2.78 bits per heavy atom. The van der Waals surface area contributed by atoms with Gasteiger partial charge in [-0.1, -0.05) is 23.7 Å². The maximum absolute atomic E-state index is 9.90. The maximum atomic E-state index is 9.90. The first-order valence-corrected chi connectivity index (χ1v) is 6.49. The van der Waals surface area contributed by atoms with Gasteiger partial charge in [-0.2, -0.15) is 0 Å². The van der Waals surface area contributed by atoms with E-state index in [2.05, 4.69) is 4.90 Å². The highest BCUT2D eigenvalue weighted by atomic mass is 35.5. The summed E-state index contributed by atoms with van der Waals surface area (Å²) in [7, 11) is 0. The minimum atomic E-state index is -0.514. The van der Waals surface area contributed by atoms with E-state index in [1.165, 1.54) is 0 Å². The van der Waals surface area contributed by atoms with Crippen molar-refractivity contribution in [1.29, 1.82) is 0 Å². The van der Waals surface area contributed by atoms with Crippen molar-refractivity contribution in [3.63, 3.8) is 0 Å². The minimum Gasteiger partial charge on any atom is -0.489 e. The van der Waals surface area contributed by atoms with Gasteiger partial charge in [0.05, 0.1) is 18.2 Å². The summed E-state index contributed by atoms with van der Waals surface area (Å²) in [5.41, 5.74) is 0. The van der Waals surface area contributed by atoms with E-state index < -0.39 is 6.10 Å². The molecule has 100 valence electrons. The summed E-state index contributed by atoms with van der Waals surface area (Å²) in [5, 5.41) is 10.5. The lowest BCUT2D eigenvalue weighted by Crippen LogP contribution is -2.42. The van der Waals surface area contributed by atoms with Crippen LogP contribution in [0.2, 0.25) is 5.02 Å². The number of aliphatic hydroxyl groups excluding tert-OH is 1. The molecule has 1 unspecified atom stereocenters. The Morgan fingerprint density at radius 2 is 2.06 bits per heavy atom. The first kappa shape index (κ1) is 13.6. The quantitative estimate of drug-likeness (QED) is 0.879. The number of β-amino-alcohol motifs (C(OH)–C–C–N with tert-alkyl or cyclic N) is 1. The molecule has 1 atom stereocenters. The van der Waals surface area contributed by atoms with E-state index in [0.717, 1.165) is 26.3 Å². The van der Waals surface area contributed by atoms with Crippen molar-refractivity contribution in [2.75, 3.05) is 39.5 Å². The lowest BCUT2D eigenvalue weighted by molar-refractivity contribution is 0.00467. The van der Waals surface area contributed by atoms with Crippen LogP contribution in [-0.4, -0.2) is 55.6 Å². The van der Waals surface area contributed by atoms with Gasteiger partial charge in [-0.05, 0) is 12.1 Å². The Hall–Kier alpha value is -0.810. The Morgan fingerprint density at radius 1 is 1.33 bits per heavy atom. The summed E-state index contributed by atoms with van der Waals surface area (Å²) >= 11 is 5.97. The van der Waals surface area contributed by atoms with Crippen molar-refractivity contribution in [3.05, 3.63) is 29.3 Å². The molecule has 2 rings (SSSR count). The normalized spacial score (nSPS) is 18.6. The monoisotopic (exact) mass is 271 g/mol. The number of ether oxygens (including phenoxy) is 2. The molecule has 0 aromatic heterocycles. The number of morpholine rings is 1. The molecular formula is C13H18ClNO3. The summed E-state index contributed by atoms with van der Waals surface area (Å²) in [5.74, 6) is 0.611. The van der Waals surface area contributed by atoms with Crippen LogP contribution in [0.3, 0.4) is 0 Å². The molecule has 1 saturated heterocycles. The average molecular weight is 272 g/mol. The van der Waals surface area contributed by atoms with E-state index in [-0.39, 0.29) is 6.61 Å². The van der Waals surface area contributed by atoms with E-state index in [9.17, 15) is 5.11 Å². The predicted octanol–water partition coefficient (Wildman–Crippen LogP) is 1.41. The van der Waals surface area contributed by atoms with Crippen molar-refractivity contribution in [2.24, 2.45) is 0 Å². The molecule has 1 N–H and O–H groups in total. The van der Waals surface area contributed by atoms with Crippen LogP contribution in [-0.2, 0) is 4.74 Å². The van der Waals surface area contributed by atoms with Crippen LogP contribution in [0.4, 0.5) is 0 Å². The molecule has 1 aliphatic rings. The van der Waals surface area contributed by atoms with Gasteiger partial charge in [0.1, 0.15) is 18.5 Å². The third-order valence-electron chi connectivity index (χ3n) is 2.84. The molecule has 1 aromatic rings. The molecule has 0 amide bonds. The zero-order chi connectivity index (χ0) is 12.8. The first-order chi connectivity index (χ1) is 8.75. The topological polar surface area (TPSA) is 41.9 Å². The summed E-state index contributed by atoms with van der Waals surface area (Å²) in [4.78, 5) is 2.17. The minimum absolute atomic E-state index is 0.251. The smallest absolute Gasteiger partial charge is 0.138 e. The van der Waals surface area contributed by atoms with Crippen molar-refractivity contribution >= 4 is 11.6 Å². The van der Waals surface area contributed by atoms with Crippen LogP contribution in [0, 0.1) is 0 Å². The fourth-order valence-electron chi connectivity index (χ4n) is 1.88. The third-order valence-corrected chi connectivity index (χ3v) is 3.15. The van der Waals surface area contributed by atoms with Gasteiger partial charge in [-0.25, -0.2) is 0 Å². The molecule has 0 aliphatic carbocycles. The lowest BCUT2D eigenvalue weighted by Gasteiger charge is -2.28. The molecule has 0 spiro atoms. The lowest BCUT2D eigenvalue weighted by atomic mass is 10.3. The second-order valence-corrected chi connectivity index (χ2v) is 4.72. The number of para-hydroxylation sites is 1. The Bertz CT molecular complexity index is 369. The Labute approximate surface area is 112 Å². The van der Waals surface area contributed by atoms with E-state index in [1.54, 1.807) is 12.1 Å². The van der Waals surface area contributed by atoms with E-state index >= 15 is 0 Å². The Balaban J connectivity index is 1.74. The molecule has 18 heavy (non-hydrogen) atoms. The predicted molar refractivity (Wildman–Crippen MR) is 70.2 cm³/mol. The first-order valence-electron chi connectivity index (χ1n) is 6.11. The van der Waals surface area contributed by atoms with Crippen LogP contribution in [0.15, 0.2) is 24.3 Å². The van der Waals surface area contributed by atoms with Crippen LogP contribution < -0.4 is 4.74 Å². The number of rotatable bonds is 5. The second-order valence-electron chi connectivity index (χ2n) is 4.31. The molecule has 1 heterocycles. The van der Waals surface area contributed by atoms with Crippen molar-refractivity contribution in [3.8, 4) is 5.75 Å². The number of aliphatic hydroxyl groups is 1. The van der Waals surface area contributed by atoms with E-state index in [1.807, 2.05) is 12.1 Å². The highest BCUT2D eigenvalue weighted by molar-refractivity contribution is 6.32. The maximum Gasteiger partial charge on any atom is 0.138 e. The zero-order valence-corrected chi connectivity index (χ0v) is 11.0. The summed E-state index contributed by atoms with van der Waals surface area (Å²) in [6.07, 6.45) is -0.514. The van der Waals surface area contributed by atoms with Gasteiger partial charge in [0.15, 0.2) is 0 Å². The molecule has 1 fully saturated rings. The van der Waals surface area contributed by atoms with Crippen LogP contribution >= 0.6 is 11.6 Å². The molecule has 0 radical (unpaired) electrons. The van der Waals surface area contributed by atoms with Crippen molar-refractivity contribution < 1.29 is 14.6 Å². The summed E-state index contributed by atoms with van der Waals surface area (Å²) < 4.78 is 10.8. The largest absolute Gasteiger partial charge is 0.489 e. The van der Waals surface area contributed by atoms with Crippen LogP contribution in [0.25, 0.3) is 0 Å². The van der Waals surface area contributed by atoms with Gasteiger partial charge in [0, 0.05) is 19.6 Å². The van der Waals surface area contributed by atoms with E-state index in [4.69, 9.17) is 21.1 Å². The second kappa shape index (κ2) is 6.95. The molecule has 0 bridgehead atoms. The highest BCUT2D eigenvalue weighted by Crippen LogP contribution is 2.23. The van der Waals surface area contributed by atoms with Gasteiger partial charge < -0.3 is 14.6 Å². The van der Waals surface area contributed by atoms with E-state index in [0.29, 0.717) is 17.3 Å². The SMILES string of the molecule is OC(COc1ccccc1Cl)CN1CCOCC1. The molecular weight excluding hydrogens is 254 g/mol. The fourth-order valence-corrected chi connectivity index (χ4v) is 2.07. The highest BCUT2D eigenvalue weighted by Gasteiger charge is 2.15.